The van der Waals surface area contributed by atoms with E-state index in [0.717, 1.165) is 0 Å². The van der Waals surface area contributed by atoms with Gasteiger partial charge in [0, 0.05) is 19.0 Å². The van der Waals surface area contributed by atoms with Gasteiger partial charge in [-0.2, -0.15) is 0 Å². The summed E-state index contributed by atoms with van der Waals surface area (Å²) in [6.07, 6.45) is 2.43. The molecule has 0 bridgehead atoms. The van der Waals surface area contributed by atoms with Gasteiger partial charge in [0.2, 0.25) is 5.91 Å². The normalized spacial score (nSPS) is 9.67. The molecule has 0 radical (unpaired) electrons. The van der Waals surface area contributed by atoms with Crippen LogP contribution in [-0.4, -0.2) is 22.4 Å². The van der Waals surface area contributed by atoms with Crippen LogP contribution in [0.25, 0.3) is 0 Å². The molecule has 1 aromatic heterocycles. The summed E-state index contributed by atoms with van der Waals surface area (Å²) in [6, 6.07) is 1.67. The molecule has 1 heterocycles. The predicted molar refractivity (Wildman–Crippen MR) is 56.8 cm³/mol. The molecule has 0 spiro atoms. The number of carbonyl (C=O) groups is 1. The minimum absolute atomic E-state index is 0.302. The van der Waals surface area contributed by atoms with Crippen LogP contribution in [0.15, 0.2) is 12.4 Å². The van der Waals surface area contributed by atoms with Crippen LogP contribution in [0.4, 0.5) is 11.6 Å². The number of nitrogens with two attached hydrogens (primary N) is 2. The number of hydrogen-bond acceptors (Lipinski definition) is 6. The summed E-state index contributed by atoms with van der Waals surface area (Å²) in [5, 5.41) is 3.02. The van der Waals surface area contributed by atoms with Crippen molar-refractivity contribution < 1.29 is 4.79 Å². The molecule has 1 amide bonds. The summed E-state index contributed by atoms with van der Waals surface area (Å²) < 4.78 is 0. The zero-order valence-corrected chi connectivity index (χ0v) is 8.23. The first-order chi connectivity index (χ1) is 7.22. The lowest BCUT2D eigenvalue weighted by Crippen LogP contribution is -2.13. The summed E-state index contributed by atoms with van der Waals surface area (Å²) in [4.78, 5) is 18.3. The smallest absolute Gasteiger partial charge is 0.217 e. The van der Waals surface area contributed by atoms with Gasteiger partial charge in [-0.05, 0) is 6.42 Å². The van der Waals surface area contributed by atoms with Gasteiger partial charge in [-0.15, -0.1) is 0 Å². The number of hydrazine groups is 1. The van der Waals surface area contributed by atoms with Crippen molar-refractivity contribution in [2.75, 3.05) is 17.3 Å². The lowest BCUT2D eigenvalue weighted by molar-refractivity contribution is -0.118. The molecule has 15 heavy (non-hydrogen) atoms. The van der Waals surface area contributed by atoms with Crippen molar-refractivity contribution in [2.45, 2.75) is 12.8 Å². The van der Waals surface area contributed by atoms with E-state index in [9.17, 15) is 4.79 Å². The van der Waals surface area contributed by atoms with Crippen LogP contribution >= 0.6 is 0 Å². The second-order valence-electron chi connectivity index (χ2n) is 2.93. The van der Waals surface area contributed by atoms with E-state index in [1.807, 2.05) is 0 Å². The molecule has 0 saturated carbocycles. The molecule has 0 saturated heterocycles. The van der Waals surface area contributed by atoms with Crippen LogP contribution in [0.1, 0.15) is 12.8 Å². The zero-order valence-electron chi connectivity index (χ0n) is 8.23. The molecule has 82 valence electrons. The number of carbonyl (C=O) groups excluding carboxylic acids is 1. The third-order valence-electron chi connectivity index (χ3n) is 1.72. The molecule has 6 N–H and O–H groups in total. The van der Waals surface area contributed by atoms with Gasteiger partial charge in [-0.25, -0.2) is 15.8 Å². The van der Waals surface area contributed by atoms with Crippen molar-refractivity contribution in [3.63, 3.8) is 0 Å². The van der Waals surface area contributed by atoms with Crippen LogP contribution in [0.2, 0.25) is 0 Å². The van der Waals surface area contributed by atoms with Gasteiger partial charge in [0.1, 0.15) is 18.0 Å². The van der Waals surface area contributed by atoms with E-state index in [0.29, 0.717) is 31.0 Å². The zero-order chi connectivity index (χ0) is 11.1. The maximum atomic E-state index is 10.5. The lowest BCUT2D eigenvalue weighted by atomic mass is 10.3. The quantitative estimate of drug-likeness (QED) is 0.284. The van der Waals surface area contributed by atoms with Crippen molar-refractivity contribution in [1.29, 1.82) is 0 Å². The van der Waals surface area contributed by atoms with Gasteiger partial charge in [-0.3, -0.25) is 4.79 Å². The van der Waals surface area contributed by atoms with Crippen LogP contribution in [-0.2, 0) is 4.79 Å². The average molecular weight is 210 g/mol. The standard InChI is InChI=1S/C8H14N6O/c9-6(15)2-1-3-11-7-4-8(14-10)13-5-12-7/h4-5H,1-3,10H2,(H2,9,15)(H2,11,12,13,14). The number of aromatic nitrogens is 2. The van der Waals surface area contributed by atoms with Gasteiger partial charge in [0.05, 0.1) is 0 Å². The number of hydrogen-bond donors (Lipinski definition) is 4. The monoisotopic (exact) mass is 210 g/mol. The van der Waals surface area contributed by atoms with Gasteiger partial charge in [0.15, 0.2) is 0 Å². The number of amides is 1. The van der Waals surface area contributed by atoms with Gasteiger partial charge >= 0.3 is 0 Å². The highest BCUT2D eigenvalue weighted by Gasteiger charge is 1.97. The summed E-state index contributed by atoms with van der Waals surface area (Å²) >= 11 is 0. The third-order valence-corrected chi connectivity index (χ3v) is 1.72. The molecule has 0 aliphatic rings. The van der Waals surface area contributed by atoms with E-state index in [1.165, 1.54) is 6.33 Å². The first kappa shape index (κ1) is 11.2. The topological polar surface area (TPSA) is 119 Å². The molecule has 1 aromatic rings. The molecule has 0 unspecified atom stereocenters. The fourth-order valence-electron chi connectivity index (χ4n) is 1.01. The summed E-state index contributed by atoms with van der Waals surface area (Å²) in [6.45, 7) is 0.629. The molecule has 7 nitrogen and oxygen atoms in total. The van der Waals surface area contributed by atoms with E-state index in [-0.39, 0.29) is 5.91 Å². The molecule has 0 aliphatic carbocycles. The van der Waals surface area contributed by atoms with Crippen LogP contribution in [0.3, 0.4) is 0 Å². The predicted octanol–water partition coefficient (Wildman–Crippen LogP) is -0.560. The summed E-state index contributed by atoms with van der Waals surface area (Å²) in [7, 11) is 0. The van der Waals surface area contributed by atoms with E-state index >= 15 is 0 Å². The van der Waals surface area contributed by atoms with Crippen LogP contribution in [0, 0.1) is 0 Å². The maximum absolute atomic E-state index is 10.5. The highest BCUT2D eigenvalue weighted by atomic mass is 16.1. The van der Waals surface area contributed by atoms with E-state index in [2.05, 4.69) is 20.7 Å². The highest BCUT2D eigenvalue weighted by Crippen LogP contribution is 2.06. The summed E-state index contributed by atoms with van der Waals surface area (Å²) in [5.41, 5.74) is 7.41. The second-order valence-corrected chi connectivity index (χ2v) is 2.93. The molecule has 0 atom stereocenters. The molecular weight excluding hydrogens is 196 g/mol. The van der Waals surface area contributed by atoms with E-state index in [1.54, 1.807) is 6.07 Å². The molecule has 7 heteroatoms. The molecule has 0 aliphatic heterocycles. The van der Waals surface area contributed by atoms with Crippen molar-refractivity contribution in [1.82, 2.24) is 9.97 Å². The fraction of sp³-hybridized carbons (Fsp3) is 0.375. The summed E-state index contributed by atoms with van der Waals surface area (Å²) in [5.74, 6) is 6.07. The van der Waals surface area contributed by atoms with Gasteiger partial charge in [0.25, 0.3) is 0 Å². The lowest BCUT2D eigenvalue weighted by Gasteiger charge is -2.05. The highest BCUT2D eigenvalue weighted by molar-refractivity contribution is 5.73. The first-order valence-corrected chi connectivity index (χ1v) is 4.53. The largest absolute Gasteiger partial charge is 0.370 e. The van der Waals surface area contributed by atoms with E-state index in [4.69, 9.17) is 11.6 Å². The average Bonchev–Trinajstić information content (AvgIpc) is 2.24. The number of anilines is 2. The Morgan fingerprint density at radius 1 is 1.40 bits per heavy atom. The Morgan fingerprint density at radius 3 is 2.80 bits per heavy atom. The minimum Gasteiger partial charge on any atom is -0.370 e. The van der Waals surface area contributed by atoms with Gasteiger partial charge in [-0.1, -0.05) is 0 Å². The number of nitrogens with zero attached hydrogens (tertiary/aromatic N) is 2. The Bertz CT molecular complexity index is 329. The fourth-order valence-corrected chi connectivity index (χ4v) is 1.01. The number of primary amides is 1. The minimum atomic E-state index is -0.302. The second kappa shape index (κ2) is 5.76. The Hall–Kier alpha value is -1.89. The first-order valence-electron chi connectivity index (χ1n) is 4.53. The SMILES string of the molecule is NNc1cc(NCCCC(N)=O)ncn1. The Balaban J connectivity index is 2.33. The van der Waals surface area contributed by atoms with Gasteiger partial charge < -0.3 is 16.5 Å². The number of nitrogen functional groups attached to an aromatic ring is 1. The van der Waals surface area contributed by atoms with Crippen molar-refractivity contribution >= 4 is 17.5 Å². The molecular formula is C8H14N6O. The Morgan fingerprint density at radius 2 is 2.13 bits per heavy atom. The van der Waals surface area contributed by atoms with Crippen molar-refractivity contribution in [3.8, 4) is 0 Å². The maximum Gasteiger partial charge on any atom is 0.217 e. The molecule has 0 fully saturated rings. The molecule has 1 rings (SSSR count). The Kier molecular flexibility index (Phi) is 4.30. The third kappa shape index (κ3) is 4.23. The number of nitrogens with one attached hydrogen (secondary N) is 2. The Labute approximate surface area is 87.2 Å². The van der Waals surface area contributed by atoms with Crippen molar-refractivity contribution in [3.05, 3.63) is 12.4 Å². The van der Waals surface area contributed by atoms with Crippen LogP contribution < -0.4 is 22.3 Å². The number of rotatable bonds is 6. The van der Waals surface area contributed by atoms with E-state index < -0.39 is 0 Å². The van der Waals surface area contributed by atoms with Crippen molar-refractivity contribution in [2.24, 2.45) is 11.6 Å². The molecule has 0 aromatic carbocycles. The van der Waals surface area contributed by atoms with Crippen LogP contribution in [0.5, 0.6) is 0 Å².